The molecule has 0 saturated heterocycles. The van der Waals surface area contributed by atoms with E-state index in [4.69, 9.17) is 0 Å². The van der Waals surface area contributed by atoms with Crippen molar-refractivity contribution >= 4 is 23.2 Å². The number of rotatable bonds is 16. The molecule has 0 aliphatic heterocycles. The maximum atomic E-state index is 2.46. The van der Waals surface area contributed by atoms with Gasteiger partial charge in [-0.2, -0.15) is 0 Å². The fourth-order valence-electron chi connectivity index (χ4n) is 8.18. The van der Waals surface area contributed by atoms with Gasteiger partial charge >= 0.3 is 0 Å². The first-order valence-electron chi connectivity index (χ1n) is 17.2. The molecule has 0 N–H and O–H groups in total. The van der Waals surface area contributed by atoms with Crippen molar-refractivity contribution in [2.75, 3.05) is 6.16 Å². The number of hydrogen-bond acceptors (Lipinski definition) is 0. The van der Waals surface area contributed by atoms with Crippen LogP contribution in [0.4, 0.5) is 0 Å². The first-order chi connectivity index (χ1) is 20.0. The summed E-state index contributed by atoms with van der Waals surface area (Å²) in [5.41, 5.74) is 13.1. The van der Waals surface area contributed by atoms with Gasteiger partial charge in [0.25, 0.3) is 0 Å². The molecule has 42 heavy (non-hydrogen) atoms. The van der Waals surface area contributed by atoms with E-state index < -0.39 is 7.26 Å². The van der Waals surface area contributed by atoms with E-state index in [0.29, 0.717) is 0 Å². The lowest BCUT2D eigenvalue weighted by Crippen LogP contribution is -2.40. The summed E-state index contributed by atoms with van der Waals surface area (Å²) in [4.78, 5) is 0. The molecule has 0 amide bonds. The molecule has 0 aromatic heterocycles. The summed E-state index contributed by atoms with van der Waals surface area (Å²) in [5, 5.41) is 4.96. The van der Waals surface area contributed by atoms with Crippen molar-refractivity contribution in [2.24, 2.45) is 0 Å². The van der Waals surface area contributed by atoms with Crippen LogP contribution in [0.5, 0.6) is 0 Å². The van der Waals surface area contributed by atoms with Crippen molar-refractivity contribution in [3.8, 4) is 0 Å². The third-order valence-corrected chi connectivity index (χ3v) is 14.8. The smallest absolute Gasteiger partial charge is 0.0654 e. The van der Waals surface area contributed by atoms with E-state index in [-0.39, 0.29) is 0 Å². The standard InChI is InChI=1S/C41H62P/c1-11-12-13-14-15-16-17-18-19-20-21-22-23-42(39-33(5)24-30(2)25-34(39)6,40-35(7)26-31(3)27-36(40)8)41-37(9)28-32(4)29-38(41)10/h24-29H,11-23H2,1-10H3/q+1. The molecule has 3 rings (SSSR count). The molecule has 0 fully saturated rings. The van der Waals surface area contributed by atoms with Crippen LogP contribution < -0.4 is 15.9 Å². The van der Waals surface area contributed by atoms with E-state index in [0.717, 1.165) is 0 Å². The molecule has 0 aliphatic rings. The van der Waals surface area contributed by atoms with Crippen molar-refractivity contribution in [3.05, 3.63) is 86.5 Å². The van der Waals surface area contributed by atoms with Gasteiger partial charge in [0, 0.05) is 0 Å². The molecule has 1 heteroatoms. The number of benzene rings is 3. The maximum Gasteiger partial charge on any atom is 0.113 e. The molecule has 0 radical (unpaired) electrons. The average Bonchev–Trinajstić information content (AvgIpc) is 2.87. The monoisotopic (exact) mass is 585 g/mol. The minimum absolute atomic E-state index is 1.27. The van der Waals surface area contributed by atoms with E-state index in [1.165, 1.54) is 133 Å². The highest BCUT2D eigenvalue weighted by Gasteiger charge is 2.50. The number of aryl methyl sites for hydroxylation is 9. The topological polar surface area (TPSA) is 0 Å². The van der Waals surface area contributed by atoms with Crippen LogP contribution in [-0.2, 0) is 0 Å². The molecule has 0 aliphatic carbocycles. The molecule has 0 nitrogen and oxygen atoms in total. The van der Waals surface area contributed by atoms with Crippen LogP contribution in [0.1, 0.15) is 134 Å². The molecule has 3 aromatic carbocycles. The van der Waals surface area contributed by atoms with Gasteiger partial charge in [0.15, 0.2) is 0 Å². The summed E-state index contributed by atoms with van der Waals surface area (Å²) in [6.45, 7) is 23.5. The number of hydrogen-bond donors (Lipinski definition) is 0. The van der Waals surface area contributed by atoms with Crippen molar-refractivity contribution in [1.29, 1.82) is 0 Å². The maximum absolute atomic E-state index is 2.46. The van der Waals surface area contributed by atoms with Gasteiger partial charge in [-0.15, -0.1) is 0 Å². The largest absolute Gasteiger partial charge is 0.113 e. The van der Waals surface area contributed by atoms with Crippen molar-refractivity contribution in [2.45, 2.75) is 146 Å². The van der Waals surface area contributed by atoms with Gasteiger partial charge in [0.05, 0.1) is 6.16 Å². The van der Waals surface area contributed by atoms with Crippen LogP contribution in [0.2, 0.25) is 0 Å². The minimum atomic E-state index is -1.92. The molecular formula is C41H62P+. The molecule has 0 saturated carbocycles. The van der Waals surface area contributed by atoms with Crippen LogP contribution in [0, 0.1) is 62.3 Å². The van der Waals surface area contributed by atoms with Crippen LogP contribution in [0.3, 0.4) is 0 Å². The Morgan fingerprint density at radius 1 is 0.357 bits per heavy atom. The lowest BCUT2D eigenvalue weighted by Gasteiger charge is -2.35. The van der Waals surface area contributed by atoms with Crippen molar-refractivity contribution in [3.63, 3.8) is 0 Å². The Kier molecular flexibility index (Phi) is 13.4. The fraction of sp³-hybridized carbons (Fsp3) is 0.561. The minimum Gasteiger partial charge on any atom is -0.0654 e. The summed E-state index contributed by atoms with van der Waals surface area (Å²) in [6.07, 6.45) is 18.0. The van der Waals surface area contributed by atoms with E-state index in [1.807, 2.05) is 0 Å². The van der Waals surface area contributed by atoms with E-state index in [1.54, 1.807) is 15.9 Å². The summed E-state index contributed by atoms with van der Waals surface area (Å²) in [7, 11) is -1.92. The zero-order valence-electron chi connectivity index (χ0n) is 29.1. The number of unbranched alkanes of at least 4 members (excludes halogenated alkanes) is 11. The highest BCUT2D eigenvalue weighted by atomic mass is 31.2. The highest BCUT2D eigenvalue weighted by Crippen LogP contribution is 2.60. The molecule has 3 aromatic rings. The van der Waals surface area contributed by atoms with Crippen molar-refractivity contribution < 1.29 is 0 Å². The zero-order valence-corrected chi connectivity index (χ0v) is 30.0. The molecule has 0 bridgehead atoms. The predicted molar refractivity (Wildman–Crippen MR) is 194 cm³/mol. The van der Waals surface area contributed by atoms with Gasteiger partial charge in [0.2, 0.25) is 0 Å². The molecule has 0 unspecified atom stereocenters. The lowest BCUT2D eigenvalue weighted by molar-refractivity contribution is 0.548. The average molecular weight is 586 g/mol. The Hall–Kier alpha value is -1.91. The molecule has 0 heterocycles. The summed E-state index contributed by atoms with van der Waals surface area (Å²) < 4.78 is 0. The molecule has 0 atom stereocenters. The van der Waals surface area contributed by atoms with Gasteiger partial charge in [-0.1, -0.05) is 124 Å². The third-order valence-electron chi connectivity index (χ3n) is 9.40. The molecule has 0 spiro atoms. The van der Waals surface area contributed by atoms with Crippen LogP contribution in [-0.4, -0.2) is 6.16 Å². The second-order valence-corrected chi connectivity index (χ2v) is 17.1. The zero-order chi connectivity index (χ0) is 30.9. The Morgan fingerprint density at radius 2 is 0.595 bits per heavy atom. The molecular weight excluding hydrogens is 523 g/mol. The fourth-order valence-corrected chi connectivity index (χ4v) is 14.2. The van der Waals surface area contributed by atoms with E-state index >= 15 is 0 Å². The summed E-state index contributed by atoms with van der Waals surface area (Å²) >= 11 is 0. The first kappa shape index (κ1) is 34.6. The predicted octanol–water partition coefficient (Wildman–Crippen LogP) is 11.5. The van der Waals surface area contributed by atoms with Crippen LogP contribution in [0.15, 0.2) is 36.4 Å². The quantitative estimate of drug-likeness (QED) is 0.116. The SMILES string of the molecule is CCCCCCCCCCCCCC[P+](c1c(C)cc(C)cc1C)(c1c(C)cc(C)cc1C)c1c(C)cc(C)cc1C. The lowest BCUT2D eigenvalue weighted by atomic mass is 10.1. The first-order valence-corrected chi connectivity index (χ1v) is 19.1. The Labute approximate surface area is 261 Å². The summed E-state index contributed by atoms with van der Waals surface area (Å²) in [5.74, 6) is 0. The van der Waals surface area contributed by atoms with Crippen molar-refractivity contribution in [1.82, 2.24) is 0 Å². The van der Waals surface area contributed by atoms with Gasteiger partial charge in [-0.25, -0.2) is 0 Å². The van der Waals surface area contributed by atoms with Gasteiger partial charge in [-0.3, -0.25) is 0 Å². The van der Waals surface area contributed by atoms with Gasteiger partial charge in [-0.05, 0) is 109 Å². The van der Waals surface area contributed by atoms with E-state index in [9.17, 15) is 0 Å². The second-order valence-electron chi connectivity index (χ2n) is 13.7. The Bertz CT molecular complexity index is 1100. The van der Waals surface area contributed by atoms with Crippen LogP contribution >= 0.6 is 7.26 Å². The van der Waals surface area contributed by atoms with Crippen LogP contribution in [0.25, 0.3) is 0 Å². The van der Waals surface area contributed by atoms with E-state index in [2.05, 4.69) is 106 Å². The summed E-state index contributed by atoms with van der Waals surface area (Å²) in [6, 6.07) is 14.7. The Balaban J connectivity index is 2.00. The third kappa shape index (κ3) is 8.38. The normalized spacial score (nSPS) is 11.9. The van der Waals surface area contributed by atoms with Gasteiger partial charge < -0.3 is 0 Å². The second kappa shape index (κ2) is 16.2. The molecule has 230 valence electrons. The Morgan fingerprint density at radius 3 is 0.857 bits per heavy atom. The highest BCUT2D eigenvalue weighted by molar-refractivity contribution is 7.96. The van der Waals surface area contributed by atoms with Gasteiger partial charge in [0.1, 0.15) is 23.2 Å².